The molecule has 0 unspecified atom stereocenters. The van der Waals surface area contributed by atoms with Crippen LogP contribution in [0.15, 0.2) is 58.3 Å². The zero-order valence-corrected chi connectivity index (χ0v) is 16.3. The number of rotatable bonds is 5. The van der Waals surface area contributed by atoms with Crippen LogP contribution >= 0.6 is 11.8 Å². The van der Waals surface area contributed by atoms with Crippen molar-refractivity contribution < 1.29 is 13.2 Å². The SMILES string of the molecule is CSc1ccc(C(=O)Nc2ccc(S(=O)(=O)N3CCCCC3)cc2)cc1. The summed E-state index contributed by atoms with van der Waals surface area (Å²) >= 11 is 1.62. The van der Waals surface area contributed by atoms with E-state index in [2.05, 4.69) is 5.32 Å². The van der Waals surface area contributed by atoms with Crippen molar-refractivity contribution in [1.29, 1.82) is 0 Å². The van der Waals surface area contributed by atoms with Gasteiger partial charge in [0.25, 0.3) is 5.91 Å². The van der Waals surface area contributed by atoms with Crippen LogP contribution in [-0.2, 0) is 10.0 Å². The molecule has 1 heterocycles. The molecule has 0 aromatic heterocycles. The summed E-state index contributed by atoms with van der Waals surface area (Å²) in [5.41, 5.74) is 1.13. The zero-order chi connectivity index (χ0) is 18.6. The fraction of sp³-hybridized carbons (Fsp3) is 0.316. The Morgan fingerprint density at radius 2 is 1.58 bits per heavy atom. The molecule has 3 rings (SSSR count). The molecule has 0 atom stereocenters. The van der Waals surface area contributed by atoms with E-state index in [-0.39, 0.29) is 10.8 Å². The molecule has 138 valence electrons. The number of nitrogens with one attached hydrogen (secondary N) is 1. The smallest absolute Gasteiger partial charge is 0.255 e. The third-order valence-electron chi connectivity index (χ3n) is 4.42. The normalized spacial score (nSPS) is 15.6. The molecule has 1 aliphatic rings. The van der Waals surface area contributed by atoms with E-state index in [0.717, 1.165) is 24.2 Å². The third-order valence-corrected chi connectivity index (χ3v) is 7.07. The van der Waals surface area contributed by atoms with Crippen molar-refractivity contribution >= 4 is 33.4 Å². The van der Waals surface area contributed by atoms with Crippen LogP contribution < -0.4 is 5.32 Å². The Morgan fingerprint density at radius 3 is 2.15 bits per heavy atom. The number of carbonyl (C=O) groups excluding carboxylic acids is 1. The predicted molar refractivity (Wildman–Crippen MR) is 105 cm³/mol. The van der Waals surface area contributed by atoms with Gasteiger partial charge in [0.1, 0.15) is 0 Å². The van der Waals surface area contributed by atoms with Gasteiger partial charge in [-0.05, 0) is 67.6 Å². The molecule has 5 nitrogen and oxygen atoms in total. The van der Waals surface area contributed by atoms with Gasteiger partial charge >= 0.3 is 0 Å². The highest BCUT2D eigenvalue weighted by atomic mass is 32.2. The fourth-order valence-electron chi connectivity index (χ4n) is 2.91. The van der Waals surface area contributed by atoms with E-state index in [1.54, 1.807) is 48.2 Å². The molecule has 1 amide bonds. The molecule has 0 spiro atoms. The lowest BCUT2D eigenvalue weighted by Crippen LogP contribution is -2.35. The van der Waals surface area contributed by atoms with E-state index in [9.17, 15) is 13.2 Å². The van der Waals surface area contributed by atoms with Crippen molar-refractivity contribution in [3.05, 3.63) is 54.1 Å². The van der Waals surface area contributed by atoms with Gasteiger partial charge in [-0.15, -0.1) is 11.8 Å². The molecule has 0 saturated carbocycles. The number of nitrogens with zero attached hydrogens (tertiary/aromatic N) is 1. The maximum Gasteiger partial charge on any atom is 0.255 e. The van der Waals surface area contributed by atoms with Crippen LogP contribution in [0.2, 0.25) is 0 Å². The number of hydrogen-bond donors (Lipinski definition) is 1. The van der Waals surface area contributed by atoms with E-state index in [1.165, 1.54) is 4.31 Å². The van der Waals surface area contributed by atoms with Gasteiger partial charge in [0.2, 0.25) is 10.0 Å². The number of thioether (sulfide) groups is 1. The lowest BCUT2D eigenvalue weighted by atomic mass is 10.2. The van der Waals surface area contributed by atoms with Gasteiger partial charge in [-0.3, -0.25) is 4.79 Å². The average Bonchev–Trinajstić information content (AvgIpc) is 2.69. The van der Waals surface area contributed by atoms with Gasteiger partial charge in [-0.2, -0.15) is 4.31 Å². The molecule has 0 radical (unpaired) electrons. The number of carbonyl (C=O) groups is 1. The van der Waals surface area contributed by atoms with Crippen LogP contribution in [0, 0.1) is 0 Å². The van der Waals surface area contributed by atoms with Crippen molar-refractivity contribution in [2.24, 2.45) is 0 Å². The summed E-state index contributed by atoms with van der Waals surface area (Å²) < 4.78 is 26.8. The van der Waals surface area contributed by atoms with Crippen LogP contribution in [0.25, 0.3) is 0 Å². The molecular formula is C19H22N2O3S2. The van der Waals surface area contributed by atoms with Crippen molar-refractivity contribution in [3.8, 4) is 0 Å². The second-order valence-electron chi connectivity index (χ2n) is 6.17. The van der Waals surface area contributed by atoms with Crippen LogP contribution in [0.1, 0.15) is 29.6 Å². The first-order valence-electron chi connectivity index (χ1n) is 8.56. The van der Waals surface area contributed by atoms with Crippen LogP contribution in [0.4, 0.5) is 5.69 Å². The molecule has 0 bridgehead atoms. The number of piperidine rings is 1. The second kappa shape index (κ2) is 8.24. The number of hydrogen-bond acceptors (Lipinski definition) is 4. The predicted octanol–water partition coefficient (Wildman–Crippen LogP) is 3.84. The maximum atomic E-state index is 12.6. The minimum Gasteiger partial charge on any atom is -0.322 e. The number of benzene rings is 2. The van der Waals surface area contributed by atoms with Crippen LogP contribution in [0.3, 0.4) is 0 Å². The van der Waals surface area contributed by atoms with E-state index in [1.807, 2.05) is 18.4 Å². The molecule has 1 aliphatic heterocycles. The molecular weight excluding hydrogens is 368 g/mol. The van der Waals surface area contributed by atoms with Gasteiger partial charge in [0, 0.05) is 29.2 Å². The average molecular weight is 391 g/mol. The number of amides is 1. The summed E-state index contributed by atoms with van der Waals surface area (Å²) in [5, 5.41) is 2.80. The lowest BCUT2D eigenvalue weighted by molar-refractivity contribution is 0.102. The summed E-state index contributed by atoms with van der Waals surface area (Å²) in [6, 6.07) is 13.7. The minimum absolute atomic E-state index is 0.218. The highest BCUT2D eigenvalue weighted by Gasteiger charge is 2.25. The Kier molecular flexibility index (Phi) is 6.01. The summed E-state index contributed by atoms with van der Waals surface area (Å²) in [5.74, 6) is -0.218. The fourth-order valence-corrected chi connectivity index (χ4v) is 4.84. The topological polar surface area (TPSA) is 66.5 Å². The summed E-state index contributed by atoms with van der Waals surface area (Å²) in [4.78, 5) is 13.7. The van der Waals surface area contributed by atoms with Gasteiger partial charge in [-0.25, -0.2) is 8.42 Å². The molecule has 0 aliphatic carbocycles. The molecule has 1 saturated heterocycles. The number of sulfonamides is 1. The Labute approximate surface area is 158 Å². The van der Waals surface area contributed by atoms with Crippen LogP contribution in [0.5, 0.6) is 0 Å². The largest absolute Gasteiger partial charge is 0.322 e. The van der Waals surface area contributed by atoms with E-state index in [0.29, 0.717) is 24.3 Å². The van der Waals surface area contributed by atoms with E-state index >= 15 is 0 Å². The van der Waals surface area contributed by atoms with Gasteiger partial charge in [0.15, 0.2) is 0 Å². The van der Waals surface area contributed by atoms with Crippen molar-refractivity contribution in [2.45, 2.75) is 29.1 Å². The lowest BCUT2D eigenvalue weighted by Gasteiger charge is -2.25. The Bertz CT molecular complexity index is 857. The Morgan fingerprint density at radius 1 is 0.962 bits per heavy atom. The standard InChI is InChI=1S/C19H22N2O3S2/c1-25-17-9-5-15(6-10-17)19(22)20-16-7-11-18(12-8-16)26(23,24)21-13-3-2-4-14-21/h5-12H,2-4,13-14H2,1H3,(H,20,22). The number of anilines is 1. The molecule has 7 heteroatoms. The second-order valence-corrected chi connectivity index (χ2v) is 8.99. The van der Waals surface area contributed by atoms with Gasteiger partial charge in [0.05, 0.1) is 4.90 Å². The van der Waals surface area contributed by atoms with Crippen LogP contribution in [-0.4, -0.2) is 38.0 Å². The molecule has 2 aromatic rings. The van der Waals surface area contributed by atoms with Crippen molar-refractivity contribution in [3.63, 3.8) is 0 Å². The molecule has 1 fully saturated rings. The van der Waals surface area contributed by atoms with E-state index < -0.39 is 10.0 Å². The highest BCUT2D eigenvalue weighted by molar-refractivity contribution is 7.98. The first-order valence-corrected chi connectivity index (χ1v) is 11.2. The quantitative estimate of drug-likeness (QED) is 0.788. The maximum absolute atomic E-state index is 12.6. The minimum atomic E-state index is -3.45. The Balaban J connectivity index is 1.69. The summed E-state index contributed by atoms with van der Waals surface area (Å²) in [6.45, 7) is 1.15. The van der Waals surface area contributed by atoms with Gasteiger partial charge in [-0.1, -0.05) is 6.42 Å². The Hall–Kier alpha value is -1.83. The summed E-state index contributed by atoms with van der Waals surface area (Å²) in [7, 11) is -3.45. The first-order chi connectivity index (χ1) is 12.5. The summed E-state index contributed by atoms with van der Waals surface area (Å²) in [6.07, 6.45) is 4.87. The monoisotopic (exact) mass is 390 g/mol. The molecule has 26 heavy (non-hydrogen) atoms. The highest BCUT2D eigenvalue weighted by Crippen LogP contribution is 2.22. The van der Waals surface area contributed by atoms with Crippen molar-refractivity contribution in [2.75, 3.05) is 24.7 Å². The molecule has 1 N–H and O–H groups in total. The molecule has 2 aromatic carbocycles. The first kappa shape index (κ1) is 18.9. The third kappa shape index (κ3) is 4.28. The van der Waals surface area contributed by atoms with Gasteiger partial charge < -0.3 is 5.32 Å². The zero-order valence-electron chi connectivity index (χ0n) is 14.6. The van der Waals surface area contributed by atoms with Crippen molar-refractivity contribution in [1.82, 2.24) is 4.31 Å². The van der Waals surface area contributed by atoms with E-state index in [4.69, 9.17) is 0 Å².